The van der Waals surface area contributed by atoms with Crippen molar-refractivity contribution >= 4 is 11.9 Å². The Morgan fingerprint density at radius 1 is 1.36 bits per heavy atom. The number of hydrogen-bond acceptors (Lipinski definition) is 3. The Labute approximate surface area is 137 Å². The van der Waals surface area contributed by atoms with E-state index in [1.165, 1.54) is 49.8 Å². The Balaban J connectivity index is 1.76. The van der Waals surface area contributed by atoms with E-state index in [2.05, 4.69) is 23.0 Å². The van der Waals surface area contributed by atoms with E-state index in [0.29, 0.717) is 17.2 Å². The second-order valence-electron chi connectivity index (χ2n) is 7.10. The number of hydrogen-bond donors (Lipinski definition) is 1. The van der Waals surface area contributed by atoms with Crippen LogP contribution < -0.4 is 0 Å². The number of nitrogens with zero attached hydrogens (tertiary/aromatic N) is 1. The lowest BCUT2D eigenvalue weighted by atomic mass is 9.53. The van der Waals surface area contributed by atoms with Crippen molar-refractivity contribution in [3.63, 3.8) is 0 Å². The smallest absolute Gasteiger partial charge is 0.115 e. The number of benzene rings is 1. The first-order valence-electron chi connectivity index (χ1n) is 8.57. The van der Waals surface area contributed by atoms with Crippen LogP contribution in [0.3, 0.4) is 0 Å². The molecule has 2 fully saturated rings. The third-order valence-corrected chi connectivity index (χ3v) is 7.30. The highest BCUT2D eigenvalue weighted by molar-refractivity contribution is 7.97. The van der Waals surface area contributed by atoms with Gasteiger partial charge in [-0.1, -0.05) is 36.9 Å². The van der Waals surface area contributed by atoms with Crippen LogP contribution in [0, 0.1) is 5.92 Å². The standard InChI is InChI=1S/C19H25NOS/c1-2-11-22-20-10-9-19-8-4-3-5-16(19)18(20)12-14-6-7-15(21)13-17(14)19/h2,6-7,13,16,18,21H,1,3-5,8-12H2/t16-,18+,19+/m0/s1. The minimum atomic E-state index is 0.334. The predicted molar refractivity (Wildman–Crippen MR) is 93.2 cm³/mol. The molecule has 2 aliphatic carbocycles. The van der Waals surface area contributed by atoms with Crippen LogP contribution >= 0.6 is 11.9 Å². The molecule has 0 aromatic heterocycles. The van der Waals surface area contributed by atoms with Crippen LogP contribution in [0.5, 0.6) is 5.75 Å². The number of fused-ring (bicyclic) bond motifs is 1. The second kappa shape index (κ2) is 5.61. The molecule has 22 heavy (non-hydrogen) atoms. The molecule has 0 amide bonds. The molecule has 118 valence electrons. The molecule has 2 nitrogen and oxygen atoms in total. The molecular weight excluding hydrogens is 290 g/mol. The summed E-state index contributed by atoms with van der Waals surface area (Å²) >= 11 is 1.96. The van der Waals surface area contributed by atoms with Gasteiger partial charge >= 0.3 is 0 Å². The molecular formula is C19H25NOS. The van der Waals surface area contributed by atoms with Crippen molar-refractivity contribution in [1.29, 1.82) is 0 Å². The van der Waals surface area contributed by atoms with Gasteiger partial charge in [-0.05, 0) is 54.9 Å². The summed E-state index contributed by atoms with van der Waals surface area (Å²) in [7, 11) is 0. The lowest BCUT2D eigenvalue weighted by Gasteiger charge is -2.58. The minimum Gasteiger partial charge on any atom is -0.508 e. The first kappa shape index (κ1) is 14.6. The van der Waals surface area contributed by atoms with Gasteiger partial charge in [-0.2, -0.15) is 0 Å². The molecule has 0 spiro atoms. The fourth-order valence-electron chi connectivity index (χ4n) is 5.27. The fraction of sp³-hybridized carbons (Fsp3) is 0.579. The number of phenols is 1. The van der Waals surface area contributed by atoms with E-state index in [4.69, 9.17) is 0 Å². The quantitative estimate of drug-likeness (QED) is 0.665. The van der Waals surface area contributed by atoms with Gasteiger partial charge in [0.25, 0.3) is 0 Å². The highest BCUT2D eigenvalue weighted by Crippen LogP contribution is 2.57. The summed E-state index contributed by atoms with van der Waals surface area (Å²) in [5, 5.41) is 10.0. The van der Waals surface area contributed by atoms with Gasteiger partial charge in [-0.25, -0.2) is 4.31 Å². The first-order valence-corrected chi connectivity index (χ1v) is 9.52. The Kier molecular flexibility index (Phi) is 3.74. The van der Waals surface area contributed by atoms with Gasteiger partial charge in [-0.3, -0.25) is 0 Å². The van der Waals surface area contributed by atoms with E-state index < -0.39 is 0 Å². The molecule has 3 atom stereocenters. The van der Waals surface area contributed by atoms with Crippen LogP contribution in [0.4, 0.5) is 0 Å². The number of aromatic hydroxyl groups is 1. The zero-order valence-electron chi connectivity index (χ0n) is 13.1. The molecule has 0 radical (unpaired) electrons. The molecule has 3 heteroatoms. The molecule has 0 unspecified atom stereocenters. The Morgan fingerprint density at radius 2 is 2.27 bits per heavy atom. The van der Waals surface area contributed by atoms with E-state index in [9.17, 15) is 5.11 Å². The third kappa shape index (κ3) is 2.13. The van der Waals surface area contributed by atoms with Crippen molar-refractivity contribution < 1.29 is 5.11 Å². The Hall–Kier alpha value is -0.930. The van der Waals surface area contributed by atoms with Crippen LogP contribution in [0.1, 0.15) is 43.2 Å². The number of rotatable bonds is 3. The van der Waals surface area contributed by atoms with Crippen molar-refractivity contribution in [2.75, 3.05) is 12.3 Å². The van der Waals surface area contributed by atoms with Gasteiger partial charge in [0.15, 0.2) is 0 Å². The largest absolute Gasteiger partial charge is 0.508 e. The summed E-state index contributed by atoms with van der Waals surface area (Å²) < 4.78 is 2.64. The maximum Gasteiger partial charge on any atom is 0.115 e. The van der Waals surface area contributed by atoms with E-state index in [1.807, 2.05) is 24.1 Å². The zero-order chi connectivity index (χ0) is 15.2. The van der Waals surface area contributed by atoms with Crippen molar-refractivity contribution in [3.8, 4) is 5.75 Å². The molecule has 1 saturated heterocycles. The lowest BCUT2D eigenvalue weighted by Crippen LogP contribution is -2.59. The maximum absolute atomic E-state index is 10.0. The molecule has 2 bridgehead atoms. The van der Waals surface area contributed by atoms with E-state index in [0.717, 1.165) is 18.1 Å². The van der Waals surface area contributed by atoms with Crippen LogP contribution in [0.2, 0.25) is 0 Å². The second-order valence-corrected chi connectivity index (χ2v) is 8.16. The van der Waals surface area contributed by atoms with Crippen molar-refractivity contribution in [1.82, 2.24) is 4.31 Å². The number of phenolic OH excluding ortho intramolecular Hbond substituents is 1. The fourth-order valence-corrected chi connectivity index (χ4v) is 6.20. The lowest BCUT2D eigenvalue weighted by molar-refractivity contribution is 0.0366. The molecule has 3 aliphatic rings. The van der Waals surface area contributed by atoms with Gasteiger partial charge in [0, 0.05) is 23.8 Å². The molecule has 1 saturated carbocycles. The highest BCUT2D eigenvalue weighted by atomic mass is 32.2. The minimum absolute atomic E-state index is 0.334. The monoisotopic (exact) mass is 315 g/mol. The Bertz CT molecular complexity index is 587. The van der Waals surface area contributed by atoms with E-state index in [1.54, 1.807) is 0 Å². The summed E-state index contributed by atoms with van der Waals surface area (Å²) in [6.07, 6.45) is 9.79. The van der Waals surface area contributed by atoms with E-state index in [-0.39, 0.29) is 0 Å². The first-order chi connectivity index (χ1) is 10.7. The van der Waals surface area contributed by atoms with Crippen LogP contribution in [0.25, 0.3) is 0 Å². The summed E-state index contributed by atoms with van der Waals surface area (Å²) in [6.45, 7) is 5.05. The molecule has 1 aromatic carbocycles. The average molecular weight is 315 g/mol. The zero-order valence-corrected chi connectivity index (χ0v) is 13.9. The summed E-state index contributed by atoms with van der Waals surface area (Å²) in [4.78, 5) is 0. The molecule has 4 rings (SSSR count). The predicted octanol–water partition coefficient (Wildman–Crippen LogP) is 4.28. The average Bonchev–Trinajstić information content (AvgIpc) is 2.55. The van der Waals surface area contributed by atoms with Gasteiger partial charge in [0.05, 0.1) is 0 Å². The summed E-state index contributed by atoms with van der Waals surface area (Å²) in [5.41, 5.74) is 3.28. The van der Waals surface area contributed by atoms with Crippen molar-refractivity contribution in [2.24, 2.45) is 5.92 Å². The molecule has 1 heterocycles. The van der Waals surface area contributed by atoms with E-state index >= 15 is 0 Å². The van der Waals surface area contributed by atoms with Crippen molar-refractivity contribution in [3.05, 3.63) is 42.0 Å². The van der Waals surface area contributed by atoms with Crippen LogP contribution in [-0.4, -0.2) is 27.8 Å². The van der Waals surface area contributed by atoms with Crippen LogP contribution in [-0.2, 0) is 11.8 Å². The SMILES string of the molecule is C=CCSN1CC[C@]23CCCC[C@H]2[C@H]1Cc1ccc(O)cc13. The summed E-state index contributed by atoms with van der Waals surface area (Å²) in [6, 6.07) is 6.79. The van der Waals surface area contributed by atoms with Gasteiger partial charge < -0.3 is 5.11 Å². The highest BCUT2D eigenvalue weighted by Gasteiger charge is 2.53. The maximum atomic E-state index is 10.0. The van der Waals surface area contributed by atoms with Crippen molar-refractivity contribution in [2.45, 2.75) is 50.0 Å². The molecule has 1 aliphatic heterocycles. The molecule has 1 N–H and O–H groups in total. The van der Waals surface area contributed by atoms with Gasteiger partial charge in [-0.15, -0.1) is 6.58 Å². The third-order valence-electron chi connectivity index (χ3n) is 6.13. The Morgan fingerprint density at radius 3 is 3.14 bits per heavy atom. The number of piperidine rings is 1. The van der Waals surface area contributed by atoms with Crippen LogP contribution in [0.15, 0.2) is 30.9 Å². The molecule has 1 aromatic rings. The summed E-state index contributed by atoms with van der Waals surface area (Å²) in [5.74, 6) is 2.22. The normalized spacial score (nSPS) is 33.8. The van der Waals surface area contributed by atoms with Gasteiger partial charge in [0.1, 0.15) is 5.75 Å². The topological polar surface area (TPSA) is 23.5 Å². The van der Waals surface area contributed by atoms with Gasteiger partial charge in [0.2, 0.25) is 0 Å².